The molecule has 0 saturated carbocycles. The van der Waals surface area contributed by atoms with Gasteiger partial charge in [0.25, 0.3) is 0 Å². The number of phosphoric ester groups is 1. The standard InChI is InChI=1S/C10H18N3O14P3/c1-5-6(4-24-29(20,21)27-30(22,23)26-28(17,18)19)25-9(8(5)14)13-3-2-7(12-16)11-10(13)15/h2-3,5-6,8-9,14,16H,4H2,1H3,(H,20,21)(H,22,23)(H,11,12,15)(H2,17,18,19)/t5-,6-,8-,9-/m1/s1. The molecule has 30 heavy (non-hydrogen) atoms. The summed E-state index contributed by atoms with van der Waals surface area (Å²) in [6.07, 6.45) is -2.58. The van der Waals surface area contributed by atoms with E-state index >= 15 is 0 Å². The first kappa shape index (κ1) is 25.2. The van der Waals surface area contributed by atoms with Crippen LogP contribution in [0.5, 0.6) is 0 Å². The number of hydrogen-bond donors (Lipinski definition) is 7. The van der Waals surface area contributed by atoms with E-state index in [0.29, 0.717) is 0 Å². The molecule has 2 unspecified atom stereocenters. The molecule has 0 amide bonds. The first-order chi connectivity index (χ1) is 13.6. The average molecular weight is 497 g/mol. The Bertz CT molecular complexity index is 963. The predicted molar refractivity (Wildman–Crippen MR) is 92.8 cm³/mol. The summed E-state index contributed by atoms with van der Waals surface area (Å²) in [6.45, 7) is 0.647. The third-order valence-corrected chi connectivity index (χ3v) is 7.57. The van der Waals surface area contributed by atoms with Crippen LogP contribution in [0, 0.1) is 5.92 Å². The lowest BCUT2D eigenvalue weighted by Crippen LogP contribution is -2.33. The summed E-state index contributed by atoms with van der Waals surface area (Å²) in [5, 5.41) is 19.0. The van der Waals surface area contributed by atoms with Crippen molar-refractivity contribution in [3.63, 3.8) is 0 Å². The maximum atomic E-state index is 12.0. The number of anilines is 1. The highest BCUT2D eigenvalue weighted by atomic mass is 31.3. The Morgan fingerprint density at radius 2 is 1.83 bits per heavy atom. The lowest BCUT2D eigenvalue weighted by atomic mass is 10.0. The van der Waals surface area contributed by atoms with Crippen molar-refractivity contribution in [3.8, 4) is 0 Å². The molecule has 172 valence electrons. The summed E-state index contributed by atoms with van der Waals surface area (Å²) in [6, 6.07) is 1.20. The van der Waals surface area contributed by atoms with Gasteiger partial charge >= 0.3 is 29.2 Å². The summed E-state index contributed by atoms with van der Waals surface area (Å²) in [7, 11) is -16.6. The van der Waals surface area contributed by atoms with Crippen molar-refractivity contribution in [2.75, 3.05) is 12.1 Å². The van der Waals surface area contributed by atoms with E-state index in [1.165, 1.54) is 13.0 Å². The Morgan fingerprint density at radius 1 is 1.20 bits per heavy atom. The number of ether oxygens (including phenoxy) is 1. The maximum absolute atomic E-state index is 12.0. The zero-order chi connectivity index (χ0) is 22.9. The normalized spacial score (nSPS) is 28.6. The summed E-state index contributed by atoms with van der Waals surface area (Å²) in [5.41, 5.74) is 0.757. The summed E-state index contributed by atoms with van der Waals surface area (Å²) in [5.74, 6) is -0.953. The molecule has 0 aromatic carbocycles. The zero-order valence-electron chi connectivity index (χ0n) is 14.9. The third kappa shape index (κ3) is 6.73. The second-order valence-electron chi connectivity index (χ2n) is 5.92. The number of aliphatic hydroxyl groups excluding tert-OH is 1. The molecule has 2 rings (SSSR count). The Labute approximate surface area is 167 Å². The van der Waals surface area contributed by atoms with Gasteiger partial charge in [-0.25, -0.2) is 18.5 Å². The molecule has 0 spiro atoms. The van der Waals surface area contributed by atoms with Crippen molar-refractivity contribution in [1.82, 2.24) is 9.55 Å². The van der Waals surface area contributed by atoms with Crippen molar-refractivity contribution in [1.29, 1.82) is 0 Å². The largest absolute Gasteiger partial charge is 0.490 e. The minimum atomic E-state index is -5.67. The fraction of sp³-hybridized carbons (Fsp3) is 0.600. The van der Waals surface area contributed by atoms with Crippen molar-refractivity contribution >= 4 is 29.3 Å². The van der Waals surface area contributed by atoms with E-state index < -0.39 is 60.1 Å². The van der Waals surface area contributed by atoms with Gasteiger partial charge in [0.2, 0.25) is 0 Å². The molecule has 0 aliphatic carbocycles. The highest BCUT2D eigenvalue weighted by Crippen LogP contribution is 2.66. The summed E-state index contributed by atoms with van der Waals surface area (Å²) >= 11 is 0. The monoisotopic (exact) mass is 497 g/mol. The van der Waals surface area contributed by atoms with Gasteiger partial charge in [-0.2, -0.15) is 13.6 Å². The second kappa shape index (κ2) is 9.22. The molecule has 20 heteroatoms. The van der Waals surface area contributed by atoms with Crippen molar-refractivity contribution in [2.45, 2.75) is 25.4 Å². The number of aromatic nitrogens is 2. The van der Waals surface area contributed by atoms with Gasteiger partial charge in [-0.1, -0.05) is 6.92 Å². The van der Waals surface area contributed by atoms with E-state index in [1.807, 2.05) is 0 Å². The van der Waals surface area contributed by atoms with E-state index in [1.54, 1.807) is 5.48 Å². The third-order valence-electron chi connectivity index (χ3n) is 3.77. The van der Waals surface area contributed by atoms with Gasteiger partial charge in [0, 0.05) is 12.1 Å². The molecular formula is C10H18N3O14P3. The molecule has 1 aromatic heterocycles. The van der Waals surface area contributed by atoms with Gasteiger partial charge < -0.3 is 29.4 Å². The first-order valence-corrected chi connectivity index (χ1v) is 12.3. The number of hydrogen-bond acceptors (Lipinski definition) is 12. The quantitative estimate of drug-likeness (QED) is 0.164. The topological polar surface area (TPSA) is 256 Å². The lowest BCUT2D eigenvalue weighted by molar-refractivity contribution is -0.0527. The number of nitrogens with one attached hydrogen (secondary N) is 1. The predicted octanol–water partition coefficient (Wildman–Crippen LogP) is -0.718. The molecule has 0 radical (unpaired) electrons. The SMILES string of the molecule is C[C@H]1[C@@H](O)[C@H](n2ccc(NO)nc2=O)O[C@@H]1COP(=O)(O)OP(=O)(O)OP(=O)(O)O. The van der Waals surface area contributed by atoms with Crippen LogP contribution >= 0.6 is 23.5 Å². The molecule has 2 heterocycles. The van der Waals surface area contributed by atoms with Crippen LogP contribution in [0.3, 0.4) is 0 Å². The molecular weight excluding hydrogens is 479 g/mol. The second-order valence-corrected chi connectivity index (χ2v) is 10.3. The van der Waals surface area contributed by atoms with Crippen LogP contribution in [0.25, 0.3) is 0 Å². The molecule has 1 aromatic rings. The van der Waals surface area contributed by atoms with E-state index in [9.17, 15) is 28.5 Å². The van der Waals surface area contributed by atoms with Crippen molar-refractivity contribution in [2.24, 2.45) is 5.92 Å². The van der Waals surface area contributed by atoms with E-state index in [2.05, 4.69) is 18.1 Å². The van der Waals surface area contributed by atoms with Crippen LogP contribution in [0.15, 0.2) is 17.1 Å². The molecule has 1 saturated heterocycles. The van der Waals surface area contributed by atoms with Crippen LogP contribution in [-0.2, 0) is 31.6 Å². The molecule has 7 N–H and O–H groups in total. The Balaban J connectivity index is 2.06. The highest BCUT2D eigenvalue weighted by Gasteiger charge is 2.45. The van der Waals surface area contributed by atoms with Crippen LogP contribution in [0.4, 0.5) is 5.82 Å². The smallest absolute Gasteiger partial charge is 0.388 e. The van der Waals surface area contributed by atoms with Crippen LogP contribution in [-0.4, -0.2) is 58.3 Å². The van der Waals surface area contributed by atoms with Crippen LogP contribution in [0.1, 0.15) is 13.2 Å². The van der Waals surface area contributed by atoms with Gasteiger partial charge in [0.15, 0.2) is 12.0 Å². The Morgan fingerprint density at radius 3 is 2.37 bits per heavy atom. The summed E-state index contributed by atoms with van der Waals surface area (Å²) in [4.78, 5) is 51.0. The highest BCUT2D eigenvalue weighted by molar-refractivity contribution is 7.66. The Hall–Kier alpha value is -1.03. The fourth-order valence-corrected chi connectivity index (χ4v) is 5.45. The average Bonchev–Trinajstić information content (AvgIpc) is 2.85. The minimum Gasteiger partial charge on any atom is -0.388 e. The van der Waals surface area contributed by atoms with Gasteiger partial charge in [0.1, 0.15) is 6.10 Å². The van der Waals surface area contributed by atoms with Crippen molar-refractivity contribution in [3.05, 3.63) is 22.7 Å². The molecule has 0 bridgehead atoms. The number of rotatable bonds is 9. The zero-order valence-corrected chi connectivity index (χ0v) is 17.5. The van der Waals surface area contributed by atoms with Gasteiger partial charge in [0.05, 0.1) is 12.7 Å². The van der Waals surface area contributed by atoms with E-state index in [0.717, 1.165) is 10.8 Å². The van der Waals surface area contributed by atoms with Gasteiger partial charge in [-0.15, -0.1) is 0 Å². The molecule has 1 aliphatic heterocycles. The Kier molecular flexibility index (Phi) is 7.76. The number of phosphoric acid groups is 3. The number of nitrogens with zero attached hydrogens (tertiary/aromatic N) is 2. The van der Waals surface area contributed by atoms with E-state index in [-0.39, 0.29) is 5.82 Å². The lowest BCUT2D eigenvalue weighted by Gasteiger charge is -2.19. The maximum Gasteiger partial charge on any atom is 0.490 e. The first-order valence-electron chi connectivity index (χ1n) is 7.75. The molecule has 17 nitrogen and oxygen atoms in total. The molecule has 1 fully saturated rings. The van der Waals surface area contributed by atoms with Gasteiger partial charge in [-0.05, 0) is 6.07 Å². The minimum absolute atomic E-state index is 0.166. The van der Waals surface area contributed by atoms with Crippen LogP contribution < -0.4 is 11.2 Å². The molecule has 6 atom stereocenters. The molecule has 1 aliphatic rings. The van der Waals surface area contributed by atoms with Gasteiger partial charge in [-0.3, -0.25) is 19.8 Å². The number of aliphatic hydroxyl groups is 1. The fourth-order valence-electron chi connectivity index (χ4n) is 2.42. The van der Waals surface area contributed by atoms with Crippen molar-refractivity contribution < 1.29 is 61.5 Å². The van der Waals surface area contributed by atoms with E-state index in [4.69, 9.17) is 24.6 Å². The van der Waals surface area contributed by atoms with Crippen LogP contribution in [0.2, 0.25) is 0 Å². The summed E-state index contributed by atoms with van der Waals surface area (Å²) < 4.78 is 51.6.